The van der Waals surface area contributed by atoms with E-state index in [2.05, 4.69) is 22.9 Å². The minimum absolute atomic E-state index is 0.0288. The fraction of sp³-hybridized carbons (Fsp3) is 0.643. The van der Waals surface area contributed by atoms with Gasteiger partial charge in [0, 0.05) is 19.1 Å². The SMILES string of the molecule is CCC(N)c1ccc(N2CCC(C)(O)CC2)cn1. The third-order valence-electron chi connectivity index (χ3n) is 3.80. The number of piperidine rings is 1. The molecule has 4 heteroatoms. The Morgan fingerprint density at radius 3 is 2.61 bits per heavy atom. The summed E-state index contributed by atoms with van der Waals surface area (Å²) in [6.07, 6.45) is 4.41. The van der Waals surface area contributed by atoms with Gasteiger partial charge in [0.1, 0.15) is 0 Å². The molecule has 1 aromatic rings. The molecule has 0 bridgehead atoms. The molecule has 1 aliphatic heterocycles. The van der Waals surface area contributed by atoms with Crippen molar-refractivity contribution in [2.75, 3.05) is 18.0 Å². The van der Waals surface area contributed by atoms with Gasteiger partial charge in [-0.2, -0.15) is 0 Å². The van der Waals surface area contributed by atoms with Gasteiger partial charge in [-0.3, -0.25) is 4.98 Å². The number of anilines is 1. The largest absolute Gasteiger partial charge is 0.390 e. The van der Waals surface area contributed by atoms with E-state index in [9.17, 15) is 5.11 Å². The number of rotatable bonds is 3. The van der Waals surface area contributed by atoms with Gasteiger partial charge < -0.3 is 15.7 Å². The van der Waals surface area contributed by atoms with E-state index in [1.165, 1.54) is 0 Å². The first kappa shape index (κ1) is 13.3. The molecule has 0 aromatic carbocycles. The summed E-state index contributed by atoms with van der Waals surface area (Å²) >= 11 is 0. The molecule has 3 N–H and O–H groups in total. The highest BCUT2D eigenvalue weighted by atomic mass is 16.3. The van der Waals surface area contributed by atoms with Gasteiger partial charge in [0.05, 0.1) is 23.2 Å². The van der Waals surface area contributed by atoms with Crippen molar-refractivity contribution in [3.8, 4) is 0 Å². The first-order valence-corrected chi connectivity index (χ1v) is 6.71. The Labute approximate surface area is 109 Å². The second kappa shape index (κ2) is 5.24. The smallest absolute Gasteiger partial charge is 0.0653 e. The predicted molar refractivity (Wildman–Crippen MR) is 73.5 cm³/mol. The van der Waals surface area contributed by atoms with E-state index < -0.39 is 5.60 Å². The van der Waals surface area contributed by atoms with Gasteiger partial charge in [0.15, 0.2) is 0 Å². The lowest BCUT2D eigenvalue weighted by atomic mass is 9.93. The summed E-state index contributed by atoms with van der Waals surface area (Å²) in [5, 5.41) is 9.93. The normalized spacial score (nSPS) is 20.8. The molecule has 1 aliphatic rings. The van der Waals surface area contributed by atoms with Crippen LogP contribution < -0.4 is 10.6 Å². The van der Waals surface area contributed by atoms with Crippen LogP contribution in [0, 0.1) is 0 Å². The van der Waals surface area contributed by atoms with Crippen LogP contribution in [0.3, 0.4) is 0 Å². The summed E-state index contributed by atoms with van der Waals surface area (Å²) in [4.78, 5) is 6.70. The summed E-state index contributed by atoms with van der Waals surface area (Å²) in [7, 11) is 0. The van der Waals surface area contributed by atoms with E-state index in [1.807, 2.05) is 19.2 Å². The monoisotopic (exact) mass is 249 g/mol. The van der Waals surface area contributed by atoms with E-state index in [4.69, 9.17) is 5.73 Å². The topological polar surface area (TPSA) is 62.4 Å². The average Bonchev–Trinajstić information content (AvgIpc) is 2.38. The fourth-order valence-electron chi connectivity index (χ4n) is 2.26. The third kappa shape index (κ3) is 3.00. The molecule has 18 heavy (non-hydrogen) atoms. The summed E-state index contributed by atoms with van der Waals surface area (Å²) in [6.45, 7) is 5.74. The molecule has 1 atom stereocenters. The minimum atomic E-state index is -0.506. The molecular weight excluding hydrogens is 226 g/mol. The quantitative estimate of drug-likeness (QED) is 0.858. The van der Waals surface area contributed by atoms with Gasteiger partial charge >= 0.3 is 0 Å². The molecule has 0 spiro atoms. The summed E-state index contributed by atoms with van der Waals surface area (Å²) in [5.41, 5.74) is 7.52. The van der Waals surface area contributed by atoms with Crippen LogP contribution in [0.15, 0.2) is 18.3 Å². The number of aliphatic hydroxyl groups is 1. The fourth-order valence-corrected chi connectivity index (χ4v) is 2.26. The second-order valence-corrected chi connectivity index (χ2v) is 5.44. The lowest BCUT2D eigenvalue weighted by molar-refractivity contribution is 0.0351. The number of nitrogens with two attached hydrogens (primary N) is 1. The van der Waals surface area contributed by atoms with Crippen LogP contribution in [-0.4, -0.2) is 28.8 Å². The van der Waals surface area contributed by atoms with E-state index >= 15 is 0 Å². The van der Waals surface area contributed by atoms with E-state index in [0.29, 0.717) is 0 Å². The van der Waals surface area contributed by atoms with Crippen LogP contribution in [0.25, 0.3) is 0 Å². The molecule has 2 rings (SSSR count). The van der Waals surface area contributed by atoms with Crippen molar-refractivity contribution in [2.45, 2.75) is 44.8 Å². The summed E-state index contributed by atoms with van der Waals surface area (Å²) in [6, 6.07) is 4.12. The molecule has 2 heterocycles. The molecule has 1 saturated heterocycles. The Balaban J connectivity index is 2.02. The maximum absolute atomic E-state index is 9.93. The molecular formula is C14H23N3O. The standard InChI is InChI=1S/C14H23N3O/c1-3-12(15)13-5-4-11(10-16-13)17-8-6-14(2,18)7-9-17/h4-5,10,12,18H,3,6-9,15H2,1-2H3. The van der Waals surface area contributed by atoms with Crippen molar-refractivity contribution in [1.29, 1.82) is 0 Å². The molecule has 0 radical (unpaired) electrons. The molecule has 1 aromatic heterocycles. The van der Waals surface area contributed by atoms with Crippen molar-refractivity contribution < 1.29 is 5.11 Å². The number of aromatic nitrogens is 1. The van der Waals surface area contributed by atoms with Gasteiger partial charge in [-0.25, -0.2) is 0 Å². The van der Waals surface area contributed by atoms with Crippen LogP contribution in [-0.2, 0) is 0 Å². The van der Waals surface area contributed by atoms with Crippen LogP contribution in [0.1, 0.15) is 44.8 Å². The van der Waals surface area contributed by atoms with Crippen molar-refractivity contribution in [3.05, 3.63) is 24.0 Å². The van der Waals surface area contributed by atoms with Crippen LogP contribution in [0.2, 0.25) is 0 Å². The van der Waals surface area contributed by atoms with Gasteiger partial charge in [-0.15, -0.1) is 0 Å². The maximum Gasteiger partial charge on any atom is 0.0653 e. The zero-order valence-corrected chi connectivity index (χ0v) is 11.3. The Hall–Kier alpha value is -1.13. The first-order valence-electron chi connectivity index (χ1n) is 6.71. The first-order chi connectivity index (χ1) is 8.52. The van der Waals surface area contributed by atoms with Crippen molar-refractivity contribution in [1.82, 2.24) is 4.98 Å². The predicted octanol–water partition coefficient (Wildman–Crippen LogP) is 1.84. The molecule has 0 saturated carbocycles. The number of hydrogen-bond donors (Lipinski definition) is 2. The van der Waals surface area contributed by atoms with E-state index in [1.54, 1.807) is 0 Å². The minimum Gasteiger partial charge on any atom is -0.390 e. The van der Waals surface area contributed by atoms with Crippen LogP contribution in [0.5, 0.6) is 0 Å². The highest BCUT2D eigenvalue weighted by Gasteiger charge is 2.27. The summed E-state index contributed by atoms with van der Waals surface area (Å²) < 4.78 is 0. The molecule has 4 nitrogen and oxygen atoms in total. The van der Waals surface area contributed by atoms with Crippen molar-refractivity contribution in [3.63, 3.8) is 0 Å². The Morgan fingerprint density at radius 1 is 1.44 bits per heavy atom. The van der Waals surface area contributed by atoms with Gasteiger partial charge in [0.25, 0.3) is 0 Å². The maximum atomic E-state index is 9.93. The van der Waals surface area contributed by atoms with Crippen molar-refractivity contribution in [2.24, 2.45) is 5.73 Å². The zero-order valence-electron chi connectivity index (χ0n) is 11.3. The van der Waals surface area contributed by atoms with Crippen LogP contribution >= 0.6 is 0 Å². The molecule has 100 valence electrons. The zero-order chi connectivity index (χ0) is 13.2. The van der Waals surface area contributed by atoms with Gasteiger partial charge in [-0.1, -0.05) is 6.92 Å². The van der Waals surface area contributed by atoms with E-state index in [0.717, 1.165) is 43.7 Å². The van der Waals surface area contributed by atoms with Gasteiger partial charge in [-0.05, 0) is 38.3 Å². The number of pyridine rings is 1. The molecule has 1 fully saturated rings. The Kier molecular flexibility index (Phi) is 3.88. The molecule has 1 unspecified atom stereocenters. The lowest BCUT2D eigenvalue weighted by Gasteiger charge is -2.37. The number of hydrogen-bond acceptors (Lipinski definition) is 4. The van der Waals surface area contributed by atoms with E-state index in [-0.39, 0.29) is 6.04 Å². The Bertz CT molecular complexity index is 379. The lowest BCUT2D eigenvalue weighted by Crippen LogP contribution is -2.42. The molecule has 0 aliphatic carbocycles. The highest BCUT2D eigenvalue weighted by molar-refractivity contribution is 5.45. The highest BCUT2D eigenvalue weighted by Crippen LogP contribution is 2.25. The van der Waals surface area contributed by atoms with Crippen LogP contribution in [0.4, 0.5) is 5.69 Å². The average molecular weight is 249 g/mol. The number of nitrogens with zero attached hydrogens (tertiary/aromatic N) is 2. The van der Waals surface area contributed by atoms with Crippen molar-refractivity contribution >= 4 is 5.69 Å². The third-order valence-corrected chi connectivity index (χ3v) is 3.80. The van der Waals surface area contributed by atoms with Gasteiger partial charge in [0.2, 0.25) is 0 Å². The summed E-state index contributed by atoms with van der Waals surface area (Å²) in [5.74, 6) is 0. The molecule has 0 amide bonds. The second-order valence-electron chi connectivity index (χ2n) is 5.44. The Morgan fingerprint density at radius 2 is 2.11 bits per heavy atom.